The van der Waals surface area contributed by atoms with E-state index in [1.54, 1.807) is 24.3 Å². The van der Waals surface area contributed by atoms with E-state index in [0.717, 1.165) is 17.0 Å². The number of amides is 2. The predicted octanol–water partition coefficient (Wildman–Crippen LogP) is 5.85. The summed E-state index contributed by atoms with van der Waals surface area (Å²) < 4.78 is 61.2. The second-order valence-electron chi connectivity index (χ2n) is 9.37. The molecule has 0 bridgehead atoms. The van der Waals surface area contributed by atoms with Gasteiger partial charge in [0.1, 0.15) is 11.5 Å². The molecule has 226 valence electrons. The van der Waals surface area contributed by atoms with Crippen molar-refractivity contribution < 1.29 is 41.7 Å². The first kappa shape index (κ1) is 31.1. The largest absolute Gasteiger partial charge is 0.573 e. The molecule has 2 heterocycles. The Balaban J connectivity index is 1.73. The van der Waals surface area contributed by atoms with Gasteiger partial charge in [-0.05, 0) is 36.2 Å². The monoisotopic (exact) mass is 610 g/mol. The average molecular weight is 611 g/mol. The van der Waals surface area contributed by atoms with Gasteiger partial charge in [0.15, 0.2) is 17.3 Å². The maximum absolute atomic E-state index is 14.0. The van der Waals surface area contributed by atoms with Crippen LogP contribution in [0.15, 0.2) is 48.5 Å². The van der Waals surface area contributed by atoms with Crippen LogP contribution in [0.3, 0.4) is 0 Å². The van der Waals surface area contributed by atoms with Gasteiger partial charge >= 0.3 is 12.4 Å². The van der Waals surface area contributed by atoms with E-state index in [-0.39, 0.29) is 42.8 Å². The summed E-state index contributed by atoms with van der Waals surface area (Å²) in [4.78, 5) is 32.2. The van der Waals surface area contributed by atoms with Crippen molar-refractivity contribution in [1.29, 1.82) is 0 Å². The van der Waals surface area contributed by atoms with E-state index in [4.69, 9.17) is 25.8 Å². The third kappa shape index (κ3) is 7.52. The average Bonchev–Trinajstić information content (AvgIpc) is 3.54. The lowest BCUT2D eigenvalue weighted by Crippen LogP contribution is -2.41. The van der Waals surface area contributed by atoms with Crippen LogP contribution in [0.1, 0.15) is 42.7 Å². The summed E-state index contributed by atoms with van der Waals surface area (Å²) in [5.41, 5.74) is 0.707. The highest BCUT2D eigenvalue weighted by Gasteiger charge is 2.37. The van der Waals surface area contributed by atoms with Crippen LogP contribution in [0.5, 0.6) is 17.5 Å². The smallest absolute Gasteiger partial charge is 0.425 e. The number of nitrogens with zero attached hydrogens (tertiary/aromatic N) is 3. The fourth-order valence-corrected chi connectivity index (χ4v) is 4.62. The van der Waals surface area contributed by atoms with Crippen LogP contribution >= 0.6 is 11.6 Å². The SMILES string of the molecule is CCC1(CCN(C(C)=O)C(=O)c2c(NC)nc(Oc3cccc(OC(F)(F)F)c3)n2Cc2ccc(Cl)cc2)OCCO1. The molecule has 0 saturated carbocycles. The summed E-state index contributed by atoms with van der Waals surface area (Å²) in [7, 11) is 1.54. The maximum Gasteiger partial charge on any atom is 0.573 e. The molecule has 0 unspecified atom stereocenters. The first-order valence-corrected chi connectivity index (χ1v) is 13.5. The van der Waals surface area contributed by atoms with Gasteiger partial charge in [0, 0.05) is 38.0 Å². The zero-order valence-corrected chi connectivity index (χ0v) is 23.9. The topological polar surface area (TPSA) is 104 Å². The number of ether oxygens (including phenoxy) is 4. The molecule has 0 atom stereocenters. The maximum atomic E-state index is 14.0. The number of halogens is 4. The standard InChI is InChI=1S/C28H30ClF3N4O6/c1-4-27(39-14-15-40-27)12-13-35(18(2)37)25(38)23-24(33-3)34-26(36(23)17-19-8-10-20(29)11-9-19)41-21-6-5-7-22(16-21)42-28(30,31)32/h5-11,16,33H,4,12-15,17H2,1-3H3. The molecule has 1 fully saturated rings. The van der Waals surface area contributed by atoms with Crippen LogP contribution in [0.25, 0.3) is 0 Å². The minimum absolute atomic E-state index is 0.000784. The minimum atomic E-state index is -4.90. The minimum Gasteiger partial charge on any atom is -0.425 e. The summed E-state index contributed by atoms with van der Waals surface area (Å²) in [6.07, 6.45) is -4.12. The number of alkyl halides is 3. The molecule has 0 spiro atoms. The van der Waals surface area contributed by atoms with Crippen LogP contribution in [0.4, 0.5) is 19.0 Å². The van der Waals surface area contributed by atoms with E-state index < -0.39 is 29.7 Å². The first-order valence-electron chi connectivity index (χ1n) is 13.1. The highest BCUT2D eigenvalue weighted by atomic mass is 35.5. The van der Waals surface area contributed by atoms with Crippen LogP contribution in [0, 0.1) is 0 Å². The molecule has 1 aliphatic rings. The van der Waals surface area contributed by atoms with Gasteiger partial charge in [0.25, 0.3) is 5.91 Å². The molecule has 0 radical (unpaired) electrons. The molecule has 0 aliphatic carbocycles. The lowest BCUT2D eigenvalue weighted by Gasteiger charge is -2.29. The summed E-state index contributed by atoms with van der Waals surface area (Å²) in [5.74, 6) is -2.50. The Morgan fingerprint density at radius 3 is 2.40 bits per heavy atom. The molecule has 2 aromatic carbocycles. The molecule has 14 heteroatoms. The number of hydrogen-bond donors (Lipinski definition) is 1. The van der Waals surface area contributed by atoms with Crippen molar-refractivity contribution in [2.45, 2.75) is 45.4 Å². The van der Waals surface area contributed by atoms with Crippen molar-refractivity contribution in [2.24, 2.45) is 0 Å². The van der Waals surface area contributed by atoms with Crippen molar-refractivity contribution in [3.63, 3.8) is 0 Å². The summed E-state index contributed by atoms with van der Waals surface area (Å²) in [6, 6.07) is 11.6. The van der Waals surface area contributed by atoms with Gasteiger partial charge < -0.3 is 24.3 Å². The quantitative estimate of drug-likeness (QED) is 0.288. The van der Waals surface area contributed by atoms with E-state index in [1.807, 2.05) is 6.92 Å². The van der Waals surface area contributed by atoms with Crippen LogP contribution < -0.4 is 14.8 Å². The molecule has 1 saturated heterocycles. The van der Waals surface area contributed by atoms with Gasteiger partial charge in [-0.25, -0.2) is 0 Å². The Morgan fingerprint density at radius 2 is 1.81 bits per heavy atom. The first-order chi connectivity index (χ1) is 19.9. The molecular weight excluding hydrogens is 581 g/mol. The highest BCUT2D eigenvalue weighted by molar-refractivity contribution is 6.30. The Hall–Kier alpha value is -3.81. The number of imide groups is 1. The fraction of sp³-hybridized carbons (Fsp3) is 0.393. The summed E-state index contributed by atoms with van der Waals surface area (Å²) in [6.45, 7) is 4.05. The molecule has 1 aromatic heterocycles. The molecule has 4 rings (SSSR count). The van der Waals surface area contributed by atoms with Gasteiger partial charge in [0.2, 0.25) is 5.91 Å². The fourth-order valence-electron chi connectivity index (χ4n) is 4.49. The number of benzene rings is 2. The van der Waals surface area contributed by atoms with E-state index in [0.29, 0.717) is 30.2 Å². The van der Waals surface area contributed by atoms with Crippen molar-refractivity contribution >= 4 is 29.2 Å². The highest BCUT2D eigenvalue weighted by Crippen LogP contribution is 2.33. The second-order valence-corrected chi connectivity index (χ2v) is 9.80. The van der Waals surface area contributed by atoms with Crippen molar-refractivity contribution in [3.05, 3.63) is 64.8 Å². The lowest BCUT2D eigenvalue weighted by atomic mass is 10.1. The lowest BCUT2D eigenvalue weighted by molar-refractivity contribution is -0.274. The number of hydrogen-bond acceptors (Lipinski definition) is 8. The number of nitrogens with one attached hydrogen (secondary N) is 1. The second kappa shape index (κ2) is 13.0. The van der Waals surface area contributed by atoms with Crippen LogP contribution in [0.2, 0.25) is 5.02 Å². The number of imidazole rings is 1. The Morgan fingerprint density at radius 1 is 1.14 bits per heavy atom. The Labute approximate surface area is 245 Å². The number of aromatic nitrogens is 2. The predicted molar refractivity (Wildman–Crippen MR) is 147 cm³/mol. The number of carbonyl (C=O) groups excluding carboxylic acids is 2. The molecule has 10 nitrogen and oxygen atoms in total. The molecule has 42 heavy (non-hydrogen) atoms. The van der Waals surface area contributed by atoms with E-state index >= 15 is 0 Å². The van der Waals surface area contributed by atoms with Crippen molar-refractivity contribution in [1.82, 2.24) is 14.5 Å². The van der Waals surface area contributed by atoms with Gasteiger partial charge in [-0.1, -0.05) is 36.7 Å². The van der Waals surface area contributed by atoms with Crippen molar-refractivity contribution in [2.75, 3.05) is 32.1 Å². The van der Waals surface area contributed by atoms with Gasteiger partial charge in [-0.3, -0.25) is 19.1 Å². The number of anilines is 1. The Bertz CT molecular complexity index is 1410. The summed E-state index contributed by atoms with van der Waals surface area (Å²) in [5, 5.41) is 3.35. The third-order valence-corrected chi connectivity index (χ3v) is 6.82. The van der Waals surface area contributed by atoms with Crippen molar-refractivity contribution in [3.8, 4) is 17.5 Å². The third-order valence-electron chi connectivity index (χ3n) is 6.57. The summed E-state index contributed by atoms with van der Waals surface area (Å²) >= 11 is 6.05. The van der Waals surface area contributed by atoms with E-state index in [2.05, 4.69) is 15.0 Å². The van der Waals surface area contributed by atoms with E-state index in [1.165, 1.54) is 30.7 Å². The van der Waals surface area contributed by atoms with Crippen LogP contribution in [-0.2, 0) is 20.8 Å². The van der Waals surface area contributed by atoms with Gasteiger partial charge in [0.05, 0.1) is 19.8 Å². The normalized spacial score (nSPS) is 14.5. The molecule has 2 amide bonds. The number of rotatable bonds is 11. The number of carbonyl (C=O) groups is 2. The zero-order valence-electron chi connectivity index (χ0n) is 23.2. The Kier molecular flexibility index (Phi) is 9.64. The molecule has 1 N–H and O–H groups in total. The zero-order chi connectivity index (χ0) is 30.5. The van der Waals surface area contributed by atoms with Gasteiger partial charge in [-0.2, -0.15) is 4.98 Å². The molecule has 1 aliphatic heterocycles. The molecule has 3 aromatic rings. The van der Waals surface area contributed by atoms with Gasteiger partial charge in [-0.15, -0.1) is 13.2 Å². The van der Waals surface area contributed by atoms with E-state index in [9.17, 15) is 22.8 Å². The molecular formula is C28H30ClF3N4O6. The van der Waals surface area contributed by atoms with Crippen LogP contribution in [-0.4, -0.2) is 65.2 Å².